The van der Waals surface area contributed by atoms with Crippen LogP contribution in [0.15, 0.2) is 24.3 Å². The summed E-state index contributed by atoms with van der Waals surface area (Å²) in [6, 6.07) is 7.63. The zero-order valence-corrected chi connectivity index (χ0v) is 25.7. The number of aromatic nitrogens is 1. The maximum Gasteiger partial charge on any atom is 0.309 e. The molecule has 9 heteroatoms. The quantitative estimate of drug-likeness (QED) is 0.270. The number of nitrogens with one attached hydrogen (secondary N) is 1. The molecule has 0 spiro atoms. The normalized spacial score (nSPS) is 18.1. The minimum atomic E-state index is -0.646. The van der Waals surface area contributed by atoms with E-state index in [1.807, 2.05) is 25.1 Å². The van der Waals surface area contributed by atoms with Gasteiger partial charge in [0.05, 0.1) is 28.8 Å². The molecular weight excluding hydrogens is 554 g/mol. The Morgan fingerprint density at radius 2 is 1.55 bits per heavy atom. The Labute approximate surface area is 254 Å². The summed E-state index contributed by atoms with van der Waals surface area (Å²) >= 11 is 6.44. The zero-order valence-electron chi connectivity index (χ0n) is 24.9. The third kappa shape index (κ3) is 9.32. The summed E-state index contributed by atoms with van der Waals surface area (Å²) in [5, 5.41) is 12.8. The molecule has 2 aromatic rings. The predicted molar refractivity (Wildman–Crippen MR) is 167 cm³/mol. The highest BCUT2D eigenvalue weighted by Gasteiger charge is 2.27. The molecule has 1 aromatic heterocycles. The average Bonchev–Trinajstić information content (AvgIpc) is 3.72. The first-order chi connectivity index (χ1) is 20.3. The van der Waals surface area contributed by atoms with Crippen molar-refractivity contribution in [2.75, 3.05) is 29.9 Å². The number of benzene rings is 1. The molecule has 1 saturated heterocycles. The summed E-state index contributed by atoms with van der Waals surface area (Å²) in [6.07, 6.45) is 14.5. The van der Waals surface area contributed by atoms with E-state index in [0.29, 0.717) is 36.1 Å². The van der Waals surface area contributed by atoms with Gasteiger partial charge in [-0.15, -0.1) is 0 Å². The molecule has 2 saturated carbocycles. The Kier molecular flexibility index (Phi) is 12.3. The van der Waals surface area contributed by atoms with Crippen molar-refractivity contribution >= 4 is 51.9 Å². The number of pyridine rings is 1. The summed E-state index contributed by atoms with van der Waals surface area (Å²) in [4.78, 5) is 41.7. The Bertz CT molecular complexity index is 1200. The number of carboxylic acid groups (broad SMARTS) is 1. The smallest absolute Gasteiger partial charge is 0.309 e. The van der Waals surface area contributed by atoms with Gasteiger partial charge in [-0.25, -0.2) is 4.98 Å². The van der Waals surface area contributed by atoms with Crippen LogP contribution in [0.25, 0.3) is 10.9 Å². The van der Waals surface area contributed by atoms with Crippen LogP contribution in [0.1, 0.15) is 96.8 Å². The number of piperidine rings is 1. The van der Waals surface area contributed by atoms with E-state index in [0.717, 1.165) is 61.4 Å². The fraction of sp³-hybridized carbons (Fsp3) is 0.636. The second-order valence-corrected chi connectivity index (χ2v) is 12.4. The Morgan fingerprint density at radius 1 is 0.929 bits per heavy atom. The summed E-state index contributed by atoms with van der Waals surface area (Å²) in [6.45, 7) is 3.79. The number of nitrogens with zero attached hydrogens (tertiary/aromatic N) is 2. The lowest BCUT2D eigenvalue weighted by molar-refractivity contribution is -0.148. The third-order valence-electron chi connectivity index (χ3n) is 9.00. The second kappa shape index (κ2) is 16.1. The molecule has 1 aromatic carbocycles. The molecule has 8 nitrogen and oxygen atoms in total. The first-order valence-corrected chi connectivity index (χ1v) is 16.2. The number of hydrogen-bond donors (Lipinski definition) is 2. The van der Waals surface area contributed by atoms with Crippen molar-refractivity contribution in [3.63, 3.8) is 0 Å². The number of carbonyl (C=O) groups is 3. The summed E-state index contributed by atoms with van der Waals surface area (Å²) < 4.78 is 5.16. The van der Waals surface area contributed by atoms with Gasteiger partial charge in [-0.1, -0.05) is 63.0 Å². The number of hydrogen-bond acceptors (Lipinski definition) is 6. The van der Waals surface area contributed by atoms with Crippen LogP contribution in [-0.2, 0) is 19.1 Å². The van der Waals surface area contributed by atoms with Gasteiger partial charge in [0.1, 0.15) is 5.82 Å². The lowest BCUT2D eigenvalue weighted by Gasteiger charge is -2.31. The summed E-state index contributed by atoms with van der Waals surface area (Å²) in [5.41, 5.74) is 1.44. The van der Waals surface area contributed by atoms with Gasteiger partial charge in [0.2, 0.25) is 5.91 Å². The Balaban J connectivity index is 0.000000343. The van der Waals surface area contributed by atoms with Crippen molar-refractivity contribution < 1.29 is 24.2 Å². The third-order valence-corrected chi connectivity index (χ3v) is 9.32. The molecule has 0 radical (unpaired) electrons. The monoisotopic (exact) mass is 599 g/mol. The van der Waals surface area contributed by atoms with E-state index in [1.54, 1.807) is 6.07 Å². The number of carboxylic acids is 1. The molecule has 2 aliphatic carbocycles. The number of ether oxygens (including phenoxy) is 1. The molecule has 5 rings (SSSR count). The molecule has 1 aliphatic heterocycles. The van der Waals surface area contributed by atoms with Gasteiger partial charge in [0.25, 0.3) is 0 Å². The van der Waals surface area contributed by atoms with E-state index in [4.69, 9.17) is 26.4 Å². The van der Waals surface area contributed by atoms with Gasteiger partial charge in [-0.2, -0.15) is 0 Å². The summed E-state index contributed by atoms with van der Waals surface area (Å²) in [5.74, 6) is 1.51. The molecule has 2 N–H and O–H groups in total. The van der Waals surface area contributed by atoms with Crippen LogP contribution < -0.4 is 10.2 Å². The lowest BCUT2D eigenvalue weighted by atomic mass is 9.97. The summed E-state index contributed by atoms with van der Waals surface area (Å²) in [7, 11) is 0. The Hall–Kier alpha value is -2.87. The molecule has 1 amide bonds. The molecule has 2 heterocycles. The van der Waals surface area contributed by atoms with Crippen molar-refractivity contribution in [2.45, 2.75) is 96.8 Å². The molecule has 230 valence electrons. The lowest BCUT2D eigenvalue weighted by Crippen LogP contribution is -2.37. The topological polar surface area (TPSA) is 109 Å². The Morgan fingerprint density at radius 3 is 2.14 bits per heavy atom. The number of carbonyl (C=O) groups excluding carboxylic acids is 2. The zero-order chi connectivity index (χ0) is 29.9. The van der Waals surface area contributed by atoms with E-state index in [-0.39, 0.29) is 17.8 Å². The predicted octanol–water partition coefficient (Wildman–Crippen LogP) is 7.62. The highest BCUT2D eigenvalue weighted by molar-refractivity contribution is 6.35. The van der Waals surface area contributed by atoms with E-state index >= 15 is 0 Å². The minimum Gasteiger partial charge on any atom is -0.481 e. The van der Waals surface area contributed by atoms with Crippen molar-refractivity contribution in [3.05, 3.63) is 29.3 Å². The number of aliphatic carboxylic acids is 1. The van der Waals surface area contributed by atoms with Crippen LogP contribution in [0, 0.1) is 17.8 Å². The van der Waals surface area contributed by atoms with E-state index in [1.165, 1.54) is 51.4 Å². The number of halogens is 1. The van der Waals surface area contributed by atoms with Crippen LogP contribution in [0.2, 0.25) is 5.02 Å². The van der Waals surface area contributed by atoms with Crippen molar-refractivity contribution in [1.29, 1.82) is 0 Å². The van der Waals surface area contributed by atoms with Crippen LogP contribution in [0.3, 0.4) is 0 Å². The number of amides is 1. The van der Waals surface area contributed by atoms with Crippen LogP contribution in [0.5, 0.6) is 0 Å². The molecule has 0 unspecified atom stereocenters. The number of anilines is 2. The van der Waals surface area contributed by atoms with E-state index in [9.17, 15) is 14.4 Å². The molecular formula is C33H46ClN3O5. The maximum atomic E-state index is 12.6. The van der Waals surface area contributed by atoms with Gasteiger partial charge in [0, 0.05) is 31.3 Å². The maximum absolute atomic E-state index is 12.6. The largest absolute Gasteiger partial charge is 0.481 e. The first kappa shape index (κ1) is 32.1. The number of esters is 1. The molecule has 3 fully saturated rings. The average molecular weight is 600 g/mol. The highest BCUT2D eigenvalue weighted by Crippen LogP contribution is 2.34. The molecule has 3 aliphatic rings. The van der Waals surface area contributed by atoms with Crippen molar-refractivity contribution in [1.82, 2.24) is 4.98 Å². The van der Waals surface area contributed by atoms with Gasteiger partial charge in [0.15, 0.2) is 0 Å². The second-order valence-electron chi connectivity index (χ2n) is 12.0. The van der Waals surface area contributed by atoms with Gasteiger partial charge in [-0.05, 0) is 68.7 Å². The molecule has 0 atom stereocenters. The minimum absolute atomic E-state index is 0.0106. The number of rotatable bonds is 10. The number of fused-ring (bicyclic) bond motifs is 1. The van der Waals surface area contributed by atoms with Gasteiger partial charge >= 0.3 is 11.9 Å². The van der Waals surface area contributed by atoms with Gasteiger partial charge < -0.3 is 20.1 Å². The highest BCUT2D eigenvalue weighted by atomic mass is 35.5. The SMILES string of the molecule is CCOC(=O)C1CCN(c2ccc3c(NC(=O)CCC4CCCC4)c(Cl)ccc3n2)CC1.O=C(O)CCC1CCCC1. The van der Waals surface area contributed by atoms with Crippen molar-refractivity contribution in [3.8, 4) is 0 Å². The van der Waals surface area contributed by atoms with Crippen LogP contribution >= 0.6 is 11.6 Å². The molecule has 42 heavy (non-hydrogen) atoms. The fourth-order valence-corrected chi connectivity index (χ4v) is 6.75. The first-order valence-electron chi connectivity index (χ1n) is 15.9. The van der Waals surface area contributed by atoms with Gasteiger partial charge in [-0.3, -0.25) is 14.4 Å². The van der Waals surface area contributed by atoms with Crippen LogP contribution in [-0.4, -0.2) is 47.6 Å². The van der Waals surface area contributed by atoms with Crippen molar-refractivity contribution in [2.24, 2.45) is 17.8 Å². The fourth-order valence-electron chi connectivity index (χ4n) is 6.54. The van der Waals surface area contributed by atoms with Crippen LogP contribution in [0.4, 0.5) is 11.5 Å². The van der Waals surface area contributed by atoms with E-state index < -0.39 is 5.97 Å². The van der Waals surface area contributed by atoms with E-state index in [2.05, 4.69) is 10.2 Å². The molecule has 0 bridgehead atoms. The standard InChI is InChI=1S/C25H32ClN3O3.C8H14O2/c1-2-32-25(31)18-13-15-29(16-14-18)22-11-8-19-21(27-22)10-9-20(26)24(19)28-23(30)12-7-17-5-3-4-6-17;9-8(10)6-5-7-3-1-2-4-7/h8-11,17-18H,2-7,12-16H2,1H3,(H,28,30);7H,1-6H2,(H,9,10).